The molecule has 0 aromatic carbocycles. The van der Waals surface area contributed by atoms with Crippen molar-refractivity contribution in [3.63, 3.8) is 0 Å². The molecule has 0 N–H and O–H groups in total. The molecule has 2 fully saturated rings. The summed E-state index contributed by atoms with van der Waals surface area (Å²) in [5.41, 5.74) is 0. The highest BCUT2D eigenvalue weighted by atomic mass is 32.1. The third-order valence-corrected chi connectivity index (χ3v) is 4.31. The number of hydrogen-bond donors (Lipinski definition) is 0. The second-order valence-electron chi connectivity index (χ2n) is 4.42. The number of aryl methyl sites for hydroxylation is 1. The molecule has 1 aromatic heterocycles. The zero-order valence-electron chi connectivity index (χ0n) is 8.98. The summed E-state index contributed by atoms with van der Waals surface area (Å²) in [5, 5.41) is 1.15. The van der Waals surface area contributed by atoms with Gasteiger partial charge in [-0.05, 0) is 26.3 Å². The molecule has 1 aromatic rings. The van der Waals surface area contributed by atoms with Gasteiger partial charge in [-0.15, -0.1) is 11.3 Å². The summed E-state index contributed by atoms with van der Waals surface area (Å²) in [5.74, 6) is 0. The zero-order valence-corrected chi connectivity index (χ0v) is 9.80. The van der Waals surface area contributed by atoms with E-state index in [1.807, 2.05) is 6.20 Å². The normalized spacial score (nSPS) is 31.8. The molecule has 0 amide bonds. The Morgan fingerprint density at radius 2 is 2.53 bits per heavy atom. The lowest BCUT2D eigenvalue weighted by Crippen LogP contribution is -2.42. The number of fused-ring (bicyclic) bond motifs is 1. The van der Waals surface area contributed by atoms with Gasteiger partial charge in [0.2, 0.25) is 0 Å². The van der Waals surface area contributed by atoms with Crippen LogP contribution in [0.2, 0.25) is 0 Å². The lowest BCUT2D eigenvalue weighted by atomic mass is 10.2. The Labute approximate surface area is 94.1 Å². The summed E-state index contributed by atoms with van der Waals surface area (Å²) >= 11 is 1.77. The Bertz CT molecular complexity index is 352. The van der Waals surface area contributed by atoms with Gasteiger partial charge in [-0.2, -0.15) is 0 Å². The molecule has 82 valence electrons. The first-order valence-electron chi connectivity index (χ1n) is 5.61. The predicted octanol–water partition coefficient (Wildman–Crippen LogP) is 1.99. The molecule has 2 atom stereocenters. The van der Waals surface area contributed by atoms with Gasteiger partial charge in [-0.3, -0.25) is 4.90 Å². The number of ether oxygens (including phenoxy) is 1. The minimum absolute atomic E-state index is 0.220. The maximum Gasteiger partial charge on any atom is 0.123 e. The summed E-state index contributed by atoms with van der Waals surface area (Å²) in [6.07, 6.45) is 4.80. The molecule has 0 spiro atoms. The van der Waals surface area contributed by atoms with Gasteiger partial charge in [0, 0.05) is 23.7 Å². The number of nitrogens with zero attached hydrogens (tertiary/aromatic N) is 2. The summed E-state index contributed by atoms with van der Waals surface area (Å²) in [6, 6.07) is 0.683. The van der Waals surface area contributed by atoms with E-state index in [1.54, 1.807) is 11.3 Å². The number of thiazole rings is 1. The van der Waals surface area contributed by atoms with E-state index < -0.39 is 0 Å². The Morgan fingerprint density at radius 1 is 1.60 bits per heavy atom. The van der Waals surface area contributed by atoms with Gasteiger partial charge >= 0.3 is 0 Å². The van der Waals surface area contributed by atoms with Crippen molar-refractivity contribution in [1.82, 2.24) is 9.88 Å². The minimum Gasteiger partial charge on any atom is -0.368 e. The lowest BCUT2D eigenvalue weighted by molar-refractivity contribution is -0.0502. The third-order valence-electron chi connectivity index (χ3n) is 3.30. The van der Waals surface area contributed by atoms with Crippen LogP contribution in [0.15, 0.2) is 6.20 Å². The molecule has 2 aliphatic heterocycles. The standard InChI is InChI=1S/C11H16N2OS/c1-8-5-12-11(15-8)10-6-13-4-2-3-9(13)7-14-10/h5,9-10H,2-4,6-7H2,1H3. The van der Waals surface area contributed by atoms with Crippen LogP contribution in [0.4, 0.5) is 0 Å². The van der Waals surface area contributed by atoms with E-state index in [1.165, 1.54) is 24.3 Å². The van der Waals surface area contributed by atoms with E-state index in [2.05, 4.69) is 16.8 Å². The fourth-order valence-electron chi connectivity index (χ4n) is 2.49. The van der Waals surface area contributed by atoms with Gasteiger partial charge in [-0.25, -0.2) is 4.98 Å². The second kappa shape index (κ2) is 3.85. The number of aromatic nitrogens is 1. The zero-order chi connectivity index (χ0) is 10.3. The molecule has 0 saturated carbocycles. The fourth-order valence-corrected chi connectivity index (χ4v) is 3.30. The van der Waals surface area contributed by atoms with Crippen molar-refractivity contribution in [3.05, 3.63) is 16.1 Å². The van der Waals surface area contributed by atoms with Crippen LogP contribution in [0.3, 0.4) is 0 Å². The van der Waals surface area contributed by atoms with Crippen molar-refractivity contribution < 1.29 is 4.74 Å². The largest absolute Gasteiger partial charge is 0.368 e. The lowest BCUT2D eigenvalue weighted by Gasteiger charge is -2.34. The first-order chi connectivity index (χ1) is 7.33. The Morgan fingerprint density at radius 3 is 3.33 bits per heavy atom. The molecule has 0 radical (unpaired) electrons. The molecule has 3 nitrogen and oxygen atoms in total. The van der Waals surface area contributed by atoms with Crippen LogP contribution >= 0.6 is 11.3 Å². The van der Waals surface area contributed by atoms with Crippen LogP contribution in [-0.2, 0) is 4.74 Å². The van der Waals surface area contributed by atoms with Gasteiger partial charge in [0.05, 0.1) is 6.61 Å². The topological polar surface area (TPSA) is 25.4 Å². The molecule has 3 rings (SSSR count). The van der Waals surface area contributed by atoms with E-state index in [9.17, 15) is 0 Å². The van der Waals surface area contributed by atoms with Crippen molar-refractivity contribution in [2.75, 3.05) is 19.7 Å². The van der Waals surface area contributed by atoms with Crippen LogP contribution in [0.1, 0.15) is 28.8 Å². The molecule has 2 saturated heterocycles. The van der Waals surface area contributed by atoms with Crippen LogP contribution in [0, 0.1) is 6.92 Å². The van der Waals surface area contributed by atoms with Gasteiger partial charge in [0.25, 0.3) is 0 Å². The van der Waals surface area contributed by atoms with Crippen molar-refractivity contribution in [3.8, 4) is 0 Å². The maximum atomic E-state index is 5.90. The number of rotatable bonds is 1. The van der Waals surface area contributed by atoms with E-state index in [0.717, 1.165) is 18.2 Å². The van der Waals surface area contributed by atoms with Crippen LogP contribution < -0.4 is 0 Å². The van der Waals surface area contributed by atoms with Crippen molar-refractivity contribution in [1.29, 1.82) is 0 Å². The molecular weight excluding hydrogens is 208 g/mol. The van der Waals surface area contributed by atoms with Gasteiger partial charge in [0.1, 0.15) is 11.1 Å². The maximum absolute atomic E-state index is 5.90. The fraction of sp³-hybridized carbons (Fsp3) is 0.727. The number of morpholine rings is 1. The molecule has 2 unspecified atom stereocenters. The number of hydrogen-bond acceptors (Lipinski definition) is 4. The highest BCUT2D eigenvalue weighted by Gasteiger charge is 2.33. The minimum atomic E-state index is 0.220. The van der Waals surface area contributed by atoms with E-state index in [-0.39, 0.29) is 6.10 Å². The van der Waals surface area contributed by atoms with Gasteiger partial charge in [0.15, 0.2) is 0 Å². The van der Waals surface area contributed by atoms with Gasteiger partial charge in [-0.1, -0.05) is 0 Å². The molecule has 4 heteroatoms. The first-order valence-corrected chi connectivity index (χ1v) is 6.42. The average Bonchev–Trinajstić information content (AvgIpc) is 2.84. The van der Waals surface area contributed by atoms with E-state index in [0.29, 0.717) is 6.04 Å². The van der Waals surface area contributed by atoms with E-state index in [4.69, 9.17) is 4.74 Å². The molecule has 15 heavy (non-hydrogen) atoms. The first kappa shape index (κ1) is 9.75. The summed E-state index contributed by atoms with van der Waals surface area (Å²) < 4.78 is 5.90. The summed E-state index contributed by atoms with van der Waals surface area (Å²) in [7, 11) is 0. The van der Waals surface area contributed by atoms with Crippen LogP contribution in [-0.4, -0.2) is 35.6 Å². The summed E-state index contributed by atoms with van der Waals surface area (Å²) in [4.78, 5) is 8.26. The van der Waals surface area contributed by atoms with Crippen molar-refractivity contribution in [2.45, 2.75) is 31.9 Å². The van der Waals surface area contributed by atoms with E-state index >= 15 is 0 Å². The van der Waals surface area contributed by atoms with Crippen molar-refractivity contribution in [2.24, 2.45) is 0 Å². The Hall–Kier alpha value is -0.450. The highest BCUT2D eigenvalue weighted by molar-refractivity contribution is 7.11. The SMILES string of the molecule is Cc1cnc(C2CN3CCCC3CO2)s1. The Balaban J connectivity index is 1.73. The molecule has 0 aliphatic carbocycles. The molecule has 3 heterocycles. The average molecular weight is 224 g/mol. The van der Waals surface area contributed by atoms with Crippen LogP contribution in [0.25, 0.3) is 0 Å². The monoisotopic (exact) mass is 224 g/mol. The summed E-state index contributed by atoms with van der Waals surface area (Å²) in [6.45, 7) is 5.28. The predicted molar refractivity (Wildman–Crippen MR) is 60.1 cm³/mol. The highest BCUT2D eigenvalue weighted by Crippen LogP contribution is 2.31. The van der Waals surface area contributed by atoms with Gasteiger partial charge < -0.3 is 4.74 Å². The molecule has 2 aliphatic rings. The molecular formula is C11H16N2OS. The second-order valence-corrected chi connectivity index (χ2v) is 5.69. The smallest absolute Gasteiger partial charge is 0.123 e. The quantitative estimate of drug-likeness (QED) is 0.729. The van der Waals surface area contributed by atoms with Crippen molar-refractivity contribution >= 4 is 11.3 Å². The molecule has 0 bridgehead atoms. The Kier molecular flexibility index (Phi) is 2.50. The third kappa shape index (κ3) is 1.82. The van der Waals surface area contributed by atoms with Crippen LogP contribution in [0.5, 0.6) is 0 Å².